The molecule has 104 valence electrons. The SMILES string of the molecule is CNC(CN1C(=O)c2cccc3cccc1c23)C(C)C. The Morgan fingerprint density at radius 2 is 1.85 bits per heavy atom. The Kier molecular flexibility index (Phi) is 3.22. The maximum atomic E-state index is 12.6. The maximum Gasteiger partial charge on any atom is 0.259 e. The summed E-state index contributed by atoms with van der Waals surface area (Å²) in [6.07, 6.45) is 0. The zero-order chi connectivity index (χ0) is 14.3. The first-order chi connectivity index (χ1) is 9.63. The van der Waals surface area contributed by atoms with Crippen molar-refractivity contribution in [1.82, 2.24) is 5.32 Å². The third kappa shape index (κ3) is 1.90. The number of nitrogens with one attached hydrogen (secondary N) is 1. The molecule has 1 atom stereocenters. The molecule has 1 aliphatic heterocycles. The molecule has 1 aliphatic rings. The van der Waals surface area contributed by atoms with Gasteiger partial charge in [-0.15, -0.1) is 0 Å². The second-order valence-corrected chi connectivity index (χ2v) is 5.74. The van der Waals surface area contributed by atoms with Crippen molar-refractivity contribution in [2.45, 2.75) is 19.9 Å². The second-order valence-electron chi connectivity index (χ2n) is 5.74. The minimum Gasteiger partial charge on any atom is -0.315 e. The summed E-state index contributed by atoms with van der Waals surface area (Å²) >= 11 is 0. The van der Waals surface area contributed by atoms with Gasteiger partial charge in [-0.2, -0.15) is 0 Å². The Balaban J connectivity index is 2.05. The van der Waals surface area contributed by atoms with Crippen molar-refractivity contribution >= 4 is 22.4 Å². The minimum atomic E-state index is 0.123. The number of carbonyl (C=O) groups excluding carboxylic acids is 1. The number of nitrogens with zero attached hydrogens (tertiary/aromatic N) is 1. The zero-order valence-corrected chi connectivity index (χ0v) is 12.2. The van der Waals surface area contributed by atoms with Gasteiger partial charge in [0.05, 0.1) is 5.69 Å². The summed E-state index contributed by atoms with van der Waals surface area (Å²) in [5.74, 6) is 0.605. The number of carbonyl (C=O) groups is 1. The molecule has 0 aromatic heterocycles. The van der Waals surface area contributed by atoms with E-state index in [4.69, 9.17) is 0 Å². The first-order valence-electron chi connectivity index (χ1n) is 7.14. The standard InChI is InChI=1S/C17H20N2O/c1-11(2)14(18-3)10-19-15-9-5-7-12-6-4-8-13(16(12)15)17(19)20/h4-9,11,14,18H,10H2,1-3H3. The van der Waals surface area contributed by atoms with Gasteiger partial charge in [-0.3, -0.25) is 4.79 Å². The van der Waals surface area contributed by atoms with Gasteiger partial charge in [0, 0.05) is 23.5 Å². The first kappa shape index (κ1) is 13.1. The molecule has 3 rings (SSSR count). The molecule has 0 bridgehead atoms. The Hall–Kier alpha value is -1.87. The normalized spacial score (nSPS) is 15.4. The highest BCUT2D eigenvalue weighted by Crippen LogP contribution is 2.37. The molecule has 3 nitrogen and oxygen atoms in total. The second kappa shape index (κ2) is 4.91. The molecule has 1 amide bonds. The lowest BCUT2D eigenvalue weighted by molar-refractivity contribution is 0.0989. The van der Waals surface area contributed by atoms with Gasteiger partial charge < -0.3 is 10.2 Å². The smallest absolute Gasteiger partial charge is 0.259 e. The highest BCUT2D eigenvalue weighted by Gasteiger charge is 2.31. The molecule has 3 heteroatoms. The number of hydrogen-bond acceptors (Lipinski definition) is 2. The molecule has 0 spiro atoms. The Morgan fingerprint density at radius 1 is 1.15 bits per heavy atom. The lowest BCUT2D eigenvalue weighted by Crippen LogP contribution is -2.44. The zero-order valence-electron chi connectivity index (χ0n) is 12.2. The highest BCUT2D eigenvalue weighted by molar-refractivity contribution is 6.25. The van der Waals surface area contributed by atoms with E-state index in [-0.39, 0.29) is 5.91 Å². The average molecular weight is 268 g/mol. The van der Waals surface area contributed by atoms with Gasteiger partial charge in [-0.25, -0.2) is 0 Å². The van der Waals surface area contributed by atoms with Crippen LogP contribution < -0.4 is 10.2 Å². The van der Waals surface area contributed by atoms with Crippen LogP contribution in [0.1, 0.15) is 24.2 Å². The summed E-state index contributed by atoms with van der Waals surface area (Å²) in [5, 5.41) is 5.55. The summed E-state index contributed by atoms with van der Waals surface area (Å²) in [6.45, 7) is 5.06. The van der Waals surface area contributed by atoms with Crippen LogP contribution in [0.4, 0.5) is 5.69 Å². The van der Waals surface area contributed by atoms with E-state index in [0.717, 1.165) is 22.0 Å². The first-order valence-corrected chi connectivity index (χ1v) is 7.14. The predicted octanol–water partition coefficient (Wildman–Crippen LogP) is 3.04. The number of likely N-dealkylation sites (N-methyl/N-ethyl adjacent to an activating group) is 1. The van der Waals surface area contributed by atoms with E-state index in [2.05, 4.69) is 31.3 Å². The van der Waals surface area contributed by atoms with Crippen LogP contribution in [-0.4, -0.2) is 25.5 Å². The highest BCUT2D eigenvalue weighted by atomic mass is 16.2. The molecule has 1 heterocycles. The van der Waals surface area contributed by atoms with Crippen molar-refractivity contribution in [3.05, 3.63) is 42.0 Å². The van der Waals surface area contributed by atoms with E-state index >= 15 is 0 Å². The largest absolute Gasteiger partial charge is 0.315 e. The lowest BCUT2D eigenvalue weighted by Gasteiger charge is -2.27. The minimum absolute atomic E-state index is 0.123. The third-order valence-electron chi connectivity index (χ3n) is 4.20. The Bertz CT molecular complexity index is 658. The van der Waals surface area contributed by atoms with Crippen LogP contribution in [0, 0.1) is 5.92 Å². The topological polar surface area (TPSA) is 32.3 Å². The van der Waals surface area contributed by atoms with Crippen LogP contribution in [0.2, 0.25) is 0 Å². The van der Waals surface area contributed by atoms with Crippen LogP contribution in [0.25, 0.3) is 10.8 Å². The van der Waals surface area contributed by atoms with Crippen molar-refractivity contribution in [2.24, 2.45) is 5.92 Å². The Labute approximate surface area is 119 Å². The number of hydrogen-bond donors (Lipinski definition) is 1. The van der Waals surface area contributed by atoms with E-state index in [1.807, 2.05) is 36.2 Å². The lowest BCUT2D eigenvalue weighted by atomic mass is 10.0. The summed E-state index contributed by atoms with van der Waals surface area (Å²) in [6, 6.07) is 12.4. The molecule has 20 heavy (non-hydrogen) atoms. The quantitative estimate of drug-likeness (QED) is 0.924. The molecule has 0 saturated carbocycles. The summed E-state index contributed by atoms with van der Waals surface area (Å²) in [4.78, 5) is 14.6. The van der Waals surface area contributed by atoms with Crippen LogP contribution in [-0.2, 0) is 0 Å². The molecule has 2 aromatic rings. The van der Waals surface area contributed by atoms with E-state index < -0.39 is 0 Å². The molecular formula is C17H20N2O. The Morgan fingerprint density at radius 3 is 2.50 bits per heavy atom. The molecule has 0 fully saturated rings. The van der Waals surface area contributed by atoms with Crippen molar-refractivity contribution in [3.63, 3.8) is 0 Å². The fraction of sp³-hybridized carbons (Fsp3) is 0.353. The summed E-state index contributed by atoms with van der Waals surface area (Å²) in [5.41, 5.74) is 1.88. The van der Waals surface area contributed by atoms with E-state index in [1.54, 1.807) is 0 Å². The number of benzene rings is 2. The molecule has 0 saturated heterocycles. The van der Waals surface area contributed by atoms with Gasteiger partial charge >= 0.3 is 0 Å². The molecule has 0 aliphatic carbocycles. The van der Waals surface area contributed by atoms with Crippen molar-refractivity contribution < 1.29 is 4.79 Å². The van der Waals surface area contributed by atoms with Gasteiger partial charge in [0.15, 0.2) is 0 Å². The predicted molar refractivity (Wildman–Crippen MR) is 83.3 cm³/mol. The van der Waals surface area contributed by atoms with Gasteiger partial charge in [0.1, 0.15) is 0 Å². The molecule has 2 aromatic carbocycles. The van der Waals surface area contributed by atoms with Crippen LogP contribution in [0.5, 0.6) is 0 Å². The van der Waals surface area contributed by atoms with E-state index in [0.29, 0.717) is 18.5 Å². The maximum absolute atomic E-state index is 12.6. The monoisotopic (exact) mass is 268 g/mol. The van der Waals surface area contributed by atoms with Gasteiger partial charge in [0.2, 0.25) is 0 Å². The van der Waals surface area contributed by atoms with Crippen LogP contribution in [0.15, 0.2) is 36.4 Å². The fourth-order valence-corrected chi connectivity index (χ4v) is 2.99. The van der Waals surface area contributed by atoms with E-state index in [1.165, 1.54) is 0 Å². The number of rotatable bonds is 4. The van der Waals surface area contributed by atoms with Gasteiger partial charge in [-0.1, -0.05) is 38.1 Å². The average Bonchev–Trinajstić information content (AvgIpc) is 2.72. The molecule has 0 radical (unpaired) electrons. The number of amides is 1. The van der Waals surface area contributed by atoms with Crippen LogP contribution >= 0.6 is 0 Å². The summed E-state index contributed by atoms with van der Waals surface area (Å²) < 4.78 is 0. The molecule has 1 N–H and O–H groups in total. The molecular weight excluding hydrogens is 248 g/mol. The van der Waals surface area contributed by atoms with Gasteiger partial charge in [-0.05, 0) is 30.5 Å². The van der Waals surface area contributed by atoms with E-state index in [9.17, 15) is 4.79 Å². The van der Waals surface area contributed by atoms with Crippen molar-refractivity contribution in [2.75, 3.05) is 18.5 Å². The summed E-state index contributed by atoms with van der Waals surface area (Å²) in [7, 11) is 1.96. The van der Waals surface area contributed by atoms with Crippen LogP contribution in [0.3, 0.4) is 0 Å². The van der Waals surface area contributed by atoms with Crippen molar-refractivity contribution in [1.29, 1.82) is 0 Å². The van der Waals surface area contributed by atoms with Crippen molar-refractivity contribution in [3.8, 4) is 0 Å². The third-order valence-corrected chi connectivity index (χ3v) is 4.20. The molecule has 1 unspecified atom stereocenters. The number of anilines is 1. The fourth-order valence-electron chi connectivity index (χ4n) is 2.99. The van der Waals surface area contributed by atoms with Gasteiger partial charge in [0.25, 0.3) is 5.91 Å².